The standard InChI is InChI=1S/C11H18N2O2/c1-8-4-10(15)13(5-9(8)12)6-11(2,3)7-14/h4-5,14H,6-7,12H2,1-3H3. The van der Waals surface area contributed by atoms with Crippen molar-refractivity contribution < 1.29 is 5.11 Å². The first-order chi connectivity index (χ1) is 6.85. The zero-order valence-corrected chi connectivity index (χ0v) is 9.45. The minimum Gasteiger partial charge on any atom is -0.397 e. The number of nitrogens with two attached hydrogens (primary N) is 1. The van der Waals surface area contributed by atoms with Crippen LogP contribution in [0.25, 0.3) is 0 Å². The quantitative estimate of drug-likeness (QED) is 0.773. The molecule has 84 valence electrons. The lowest BCUT2D eigenvalue weighted by Crippen LogP contribution is -2.30. The van der Waals surface area contributed by atoms with Crippen LogP contribution in [0.15, 0.2) is 17.1 Å². The van der Waals surface area contributed by atoms with Crippen molar-refractivity contribution in [3.63, 3.8) is 0 Å². The van der Waals surface area contributed by atoms with Crippen molar-refractivity contribution in [1.29, 1.82) is 0 Å². The molecule has 1 rings (SSSR count). The molecule has 0 aliphatic rings. The number of nitrogens with zero attached hydrogens (tertiary/aromatic N) is 1. The number of aryl methyl sites for hydroxylation is 1. The van der Waals surface area contributed by atoms with Crippen molar-refractivity contribution in [2.75, 3.05) is 12.3 Å². The number of aliphatic hydroxyl groups excluding tert-OH is 1. The highest BCUT2D eigenvalue weighted by Crippen LogP contribution is 2.16. The first kappa shape index (κ1) is 11.8. The van der Waals surface area contributed by atoms with E-state index in [9.17, 15) is 4.79 Å². The fraction of sp³-hybridized carbons (Fsp3) is 0.545. The molecule has 0 spiro atoms. The monoisotopic (exact) mass is 210 g/mol. The van der Waals surface area contributed by atoms with Gasteiger partial charge in [-0.15, -0.1) is 0 Å². The Morgan fingerprint density at radius 3 is 2.67 bits per heavy atom. The van der Waals surface area contributed by atoms with Crippen LogP contribution in [0.3, 0.4) is 0 Å². The molecule has 0 saturated heterocycles. The van der Waals surface area contributed by atoms with Gasteiger partial charge in [0.1, 0.15) is 0 Å². The summed E-state index contributed by atoms with van der Waals surface area (Å²) in [6, 6.07) is 1.52. The predicted octanol–water partition coefficient (Wildman–Crippen LogP) is 0.757. The number of aliphatic hydroxyl groups is 1. The van der Waals surface area contributed by atoms with Gasteiger partial charge in [-0.3, -0.25) is 4.79 Å². The average Bonchev–Trinajstić information content (AvgIpc) is 2.14. The van der Waals surface area contributed by atoms with Crippen LogP contribution >= 0.6 is 0 Å². The summed E-state index contributed by atoms with van der Waals surface area (Å²) >= 11 is 0. The Morgan fingerprint density at radius 1 is 1.53 bits per heavy atom. The second kappa shape index (κ2) is 4.06. The van der Waals surface area contributed by atoms with E-state index in [0.717, 1.165) is 5.56 Å². The minimum atomic E-state index is -0.314. The zero-order chi connectivity index (χ0) is 11.6. The normalized spacial score (nSPS) is 11.7. The highest BCUT2D eigenvalue weighted by atomic mass is 16.3. The van der Waals surface area contributed by atoms with E-state index in [1.165, 1.54) is 6.07 Å². The third-order valence-electron chi connectivity index (χ3n) is 2.40. The maximum atomic E-state index is 11.6. The number of anilines is 1. The number of hydrogen-bond acceptors (Lipinski definition) is 3. The first-order valence-electron chi connectivity index (χ1n) is 4.93. The van der Waals surface area contributed by atoms with E-state index < -0.39 is 0 Å². The van der Waals surface area contributed by atoms with Crippen LogP contribution < -0.4 is 11.3 Å². The number of nitrogen functional groups attached to an aromatic ring is 1. The molecule has 4 heteroatoms. The highest BCUT2D eigenvalue weighted by Gasteiger charge is 2.18. The molecule has 4 nitrogen and oxygen atoms in total. The molecule has 0 aromatic carbocycles. The SMILES string of the molecule is Cc1cc(=O)n(CC(C)(C)CO)cc1N. The smallest absolute Gasteiger partial charge is 0.250 e. The molecule has 0 amide bonds. The summed E-state index contributed by atoms with van der Waals surface area (Å²) in [6.45, 7) is 6.10. The highest BCUT2D eigenvalue weighted by molar-refractivity contribution is 5.42. The number of aromatic nitrogens is 1. The molecule has 1 aromatic heterocycles. The van der Waals surface area contributed by atoms with Gasteiger partial charge in [0.15, 0.2) is 0 Å². The van der Waals surface area contributed by atoms with E-state index in [1.807, 2.05) is 13.8 Å². The molecule has 0 aliphatic heterocycles. The molecule has 1 heterocycles. The van der Waals surface area contributed by atoms with Crippen LogP contribution in [0.5, 0.6) is 0 Å². The van der Waals surface area contributed by atoms with Crippen LogP contribution in [0.1, 0.15) is 19.4 Å². The third-order valence-corrected chi connectivity index (χ3v) is 2.40. The largest absolute Gasteiger partial charge is 0.397 e. The van der Waals surface area contributed by atoms with E-state index in [1.54, 1.807) is 17.7 Å². The van der Waals surface area contributed by atoms with E-state index in [-0.39, 0.29) is 17.6 Å². The summed E-state index contributed by atoms with van der Waals surface area (Å²) in [6.07, 6.45) is 1.63. The Kier molecular flexibility index (Phi) is 3.19. The number of hydrogen-bond donors (Lipinski definition) is 2. The number of pyridine rings is 1. The van der Waals surface area contributed by atoms with Gasteiger partial charge < -0.3 is 15.4 Å². The Bertz CT molecular complexity index is 408. The molecule has 0 saturated carbocycles. The van der Waals surface area contributed by atoms with Crippen molar-refractivity contribution in [3.8, 4) is 0 Å². The lowest BCUT2D eigenvalue weighted by Gasteiger charge is -2.22. The van der Waals surface area contributed by atoms with Gasteiger partial charge in [0.2, 0.25) is 0 Å². The molecule has 15 heavy (non-hydrogen) atoms. The van der Waals surface area contributed by atoms with Crippen LogP contribution in [0, 0.1) is 12.3 Å². The van der Waals surface area contributed by atoms with Gasteiger partial charge in [0, 0.05) is 30.8 Å². The Hall–Kier alpha value is -1.29. The summed E-state index contributed by atoms with van der Waals surface area (Å²) in [4.78, 5) is 11.6. The summed E-state index contributed by atoms with van der Waals surface area (Å²) < 4.78 is 1.54. The zero-order valence-electron chi connectivity index (χ0n) is 9.45. The Morgan fingerprint density at radius 2 is 2.13 bits per heavy atom. The van der Waals surface area contributed by atoms with Gasteiger partial charge in [0.25, 0.3) is 5.56 Å². The van der Waals surface area contributed by atoms with Crippen LogP contribution in [0.2, 0.25) is 0 Å². The van der Waals surface area contributed by atoms with Crippen molar-refractivity contribution in [2.24, 2.45) is 5.41 Å². The van der Waals surface area contributed by atoms with E-state index >= 15 is 0 Å². The summed E-state index contributed by atoms with van der Waals surface area (Å²) in [5.74, 6) is 0. The molecule has 0 fully saturated rings. The molecule has 0 bridgehead atoms. The Balaban J connectivity index is 3.06. The molecule has 0 radical (unpaired) electrons. The average molecular weight is 210 g/mol. The first-order valence-corrected chi connectivity index (χ1v) is 4.93. The summed E-state index contributed by atoms with van der Waals surface area (Å²) in [5, 5.41) is 9.12. The van der Waals surface area contributed by atoms with Gasteiger partial charge in [-0.1, -0.05) is 13.8 Å². The fourth-order valence-corrected chi connectivity index (χ4v) is 1.32. The minimum absolute atomic E-state index is 0.0349. The molecule has 0 aliphatic carbocycles. The van der Waals surface area contributed by atoms with Crippen molar-refractivity contribution in [3.05, 3.63) is 28.2 Å². The second-order valence-corrected chi connectivity index (χ2v) is 4.70. The molecule has 0 atom stereocenters. The summed E-state index contributed by atoms with van der Waals surface area (Å²) in [5.41, 5.74) is 6.72. The third kappa shape index (κ3) is 2.83. The predicted molar refractivity (Wildman–Crippen MR) is 60.7 cm³/mol. The lowest BCUT2D eigenvalue weighted by molar-refractivity contribution is 0.140. The number of rotatable bonds is 3. The second-order valence-electron chi connectivity index (χ2n) is 4.70. The van der Waals surface area contributed by atoms with Crippen LogP contribution in [-0.2, 0) is 6.54 Å². The van der Waals surface area contributed by atoms with Gasteiger partial charge in [0.05, 0.1) is 5.69 Å². The van der Waals surface area contributed by atoms with Gasteiger partial charge >= 0.3 is 0 Å². The van der Waals surface area contributed by atoms with Gasteiger partial charge in [-0.25, -0.2) is 0 Å². The maximum Gasteiger partial charge on any atom is 0.250 e. The van der Waals surface area contributed by atoms with Crippen molar-refractivity contribution in [1.82, 2.24) is 4.57 Å². The molecular formula is C11H18N2O2. The van der Waals surface area contributed by atoms with Gasteiger partial charge in [-0.2, -0.15) is 0 Å². The van der Waals surface area contributed by atoms with Crippen molar-refractivity contribution >= 4 is 5.69 Å². The molecule has 1 aromatic rings. The maximum absolute atomic E-state index is 11.6. The van der Waals surface area contributed by atoms with E-state index in [0.29, 0.717) is 12.2 Å². The van der Waals surface area contributed by atoms with Crippen molar-refractivity contribution in [2.45, 2.75) is 27.3 Å². The van der Waals surface area contributed by atoms with Gasteiger partial charge in [-0.05, 0) is 12.5 Å². The van der Waals surface area contributed by atoms with Crippen LogP contribution in [-0.4, -0.2) is 16.3 Å². The fourth-order valence-electron chi connectivity index (χ4n) is 1.32. The van der Waals surface area contributed by atoms with E-state index in [4.69, 9.17) is 10.8 Å². The molecular weight excluding hydrogens is 192 g/mol. The molecule has 0 unspecified atom stereocenters. The van der Waals surface area contributed by atoms with Crippen LogP contribution in [0.4, 0.5) is 5.69 Å². The lowest BCUT2D eigenvalue weighted by atomic mass is 9.95. The Labute approximate surface area is 89.3 Å². The topological polar surface area (TPSA) is 68.2 Å². The summed E-state index contributed by atoms with van der Waals surface area (Å²) in [7, 11) is 0. The van der Waals surface area contributed by atoms with E-state index in [2.05, 4.69) is 0 Å². The molecule has 3 N–H and O–H groups in total.